The largest absolute Gasteiger partial charge is 0.481 e. The topological polar surface area (TPSA) is 37.3 Å². The lowest BCUT2D eigenvalue weighted by molar-refractivity contribution is -0.138. The molecule has 1 saturated carbocycles. The second kappa shape index (κ2) is 3.44. The molecule has 2 rings (SSSR count). The van der Waals surface area contributed by atoms with E-state index in [1.54, 1.807) is 18.2 Å². The van der Waals surface area contributed by atoms with Crippen molar-refractivity contribution in [3.05, 3.63) is 33.8 Å². The molecule has 0 heterocycles. The number of aliphatic carboxylic acids is 1. The minimum absolute atomic E-state index is 0.0868. The molecule has 0 amide bonds. The summed E-state index contributed by atoms with van der Waals surface area (Å²) < 4.78 is 0. The zero-order valence-corrected chi connectivity index (χ0v) is 8.72. The van der Waals surface area contributed by atoms with Crippen LogP contribution in [0.2, 0.25) is 10.0 Å². The highest BCUT2D eigenvalue weighted by molar-refractivity contribution is 6.34. The van der Waals surface area contributed by atoms with Gasteiger partial charge in [0.1, 0.15) is 0 Å². The maximum Gasteiger partial charge on any atom is 0.307 e. The highest BCUT2D eigenvalue weighted by Gasteiger charge is 2.44. The van der Waals surface area contributed by atoms with Crippen molar-refractivity contribution in [2.75, 3.05) is 0 Å². The highest BCUT2D eigenvalue weighted by Crippen LogP contribution is 2.48. The van der Waals surface area contributed by atoms with Gasteiger partial charge in [0.15, 0.2) is 0 Å². The minimum Gasteiger partial charge on any atom is -0.481 e. The SMILES string of the molecule is O=C(O)[C@H]1CC1c1cc(Cl)cc(Cl)c1. The fraction of sp³-hybridized carbons (Fsp3) is 0.300. The summed E-state index contributed by atoms with van der Waals surface area (Å²) in [5.74, 6) is -0.917. The van der Waals surface area contributed by atoms with Crippen LogP contribution in [0.4, 0.5) is 0 Å². The lowest BCUT2D eigenvalue weighted by Gasteiger charge is -2.00. The van der Waals surface area contributed by atoms with Gasteiger partial charge in [-0.2, -0.15) is 0 Å². The molecule has 0 spiro atoms. The molecule has 1 N–H and O–H groups in total. The molecule has 1 aromatic rings. The predicted octanol–water partition coefficient (Wildman–Crippen LogP) is 3.18. The Morgan fingerprint density at radius 2 is 1.86 bits per heavy atom. The Morgan fingerprint density at radius 3 is 2.29 bits per heavy atom. The first-order valence-corrected chi connectivity index (χ1v) is 5.02. The average molecular weight is 231 g/mol. The van der Waals surface area contributed by atoms with E-state index >= 15 is 0 Å². The first-order valence-electron chi connectivity index (χ1n) is 4.26. The molecule has 1 aliphatic carbocycles. The van der Waals surface area contributed by atoms with E-state index in [2.05, 4.69) is 0 Å². The van der Waals surface area contributed by atoms with Crippen molar-refractivity contribution < 1.29 is 9.90 Å². The zero-order valence-electron chi connectivity index (χ0n) is 7.21. The molecular formula is C10H8Cl2O2. The molecule has 0 saturated heterocycles. The Bertz CT molecular complexity index is 369. The van der Waals surface area contributed by atoms with Gasteiger partial charge in [0.05, 0.1) is 5.92 Å². The van der Waals surface area contributed by atoms with Crippen molar-refractivity contribution in [2.45, 2.75) is 12.3 Å². The van der Waals surface area contributed by atoms with Crippen LogP contribution in [0.5, 0.6) is 0 Å². The van der Waals surface area contributed by atoms with Crippen molar-refractivity contribution in [3.63, 3.8) is 0 Å². The third kappa shape index (κ3) is 1.86. The van der Waals surface area contributed by atoms with Crippen LogP contribution in [-0.2, 0) is 4.79 Å². The zero-order chi connectivity index (χ0) is 10.3. The van der Waals surface area contributed by atoms with Crippen LogP contribution >= 0.6 is 23.2 Å². The van der Waals surface area contributed by atoms with Crippen LogP contribution in [-0.4, -0.2) is 11.1 Å². The number of hydrogen-bond acceptors (Lipinski definition) is 1. The lowest BCUT2D eigenvalue weighted by atomic mass is 10.1. The summed E-state index contributed by atoms with van der Waals surface area (Å²) >= 11 is 11.6. The highest BCUT2D eigenvalue weighted by atomic mass is 35.5. The van der Waals surface area contributed by atoms with Gasteiger partial charge < -0.3 is 5.11 Å². The van der Waals surface area contributed by atoms with Gasteiger partial charge in [-0.15, -0.1) is 0 Å². The number of halogens is 2. The molecule has 2 nitrogen and oxygen atoms in total. The van der Waals surface area contributed by atoms with Gasteiger partial charge in [0.2, 0.25) is 0 Å². The summed E-state index contributed by atoms with van der Waals surface area (Å²) in [7, 11) is 0. The third-order valence-electron chi connectivity index (χ3n) is 2.42. The summed E-state index contributed by atoms with van der Waals surface area (Å²) in [6.45, 7) is 0. The van der Waals surface area contributed by atoms with Crippen molar-refractivity contribution in [3.8, 4) is 0 Å². The summed E-state index contributed by atoms with van der Waals surface area (Å²) in [5, 5.41) is 9.88. The van der Waals surface area contributed by atoms with Gasteiger partial charge in [-0.1, -0.05) is 23.2 Å². The molecule has 1 aliphatic rings. The predicted molar refractivity (Wildman–Crippen MR) is 54.9 cm³/mol. The van der Waals surface area contributed by atoms with Gasteiger partial charge in [0.25, 0.3) is 0 Å². The van der Waals surface area contributed by atoms with Crippen LogP contribution in [0, 0.1) is 5.92 Å². The fourth-order valence-electron chi connectivity index (χ4n) is 1.63. The third-order valence-corrected chi connectivity index (χ3v) is 2.86. The number of benzene rings is 1. The molecule has 14 heavy (non-hydrogen) atoms. The Labute approximate surface area is 91.4 Å². The molecule has 4 heteroatoms. The van der Waals surface area contributed by atoms with Gasteiger partial charge in [-0.3, -0.25) is 4.79 Å². The number of carbonyl (C=O) groups is 1. The van der Waals surface area contributed by atoms with Crippen LogP contribution < -0.4 is 0 Å². The van der Waals surface area contributed by atoms with E-state index < -0.39 is 5.97 Å². The average Bonchev–Trinajstić information content (AvgIpc) is 2.79. The van der Waals surface area contributed by atoms with E-state index in [4.69, 9.17) is 28.3 Å². The van der Waals surface area contributed by atoms with Gasteiger partial charge >= 0.3 is 5.97 Å². The van der Waals surface area contributed by atoms with E-state index in [1.807, 2.05) is 0 Å². The molecule has 0 radical (unpaired) electrons. The maximum atomic E-state index is 10.6. The molecule has 0 aliphatic heterocycles. The van der Waals surface area contributed by atoms with Gasteiger partial charge in [-0.05, 0) is 36.1 Å². The van der Waals surface area contributed by atoms with E-state index in [0.717, 1.165) is 5.56 Å². The molecule has 1 aromatic carbocycles. The fourth-order valence-corrected chi connectivity index (χ4v) is 2.17. The summed E-state index contributed by atoms with van der Waals surface area (Å²) in [4.78, 5) is 10.6. The van der Waals surface area contributed by atoms with Crippen LogP contribution in [0.1, 0.15) is 17.9 Å². The van der Waals surface area contributed by atoms with Crippen molar-refractivity contribution in [1.82, 2.24) is 0 Å². The first kappa shape index (κ1) is 9.81. The van der Waals surface area contributed by atoms with Crippen LogP contribution in [0.25, 0.3) is 0 Å². The smallest absolute Gasteiger partial charge is 0.307 e. The molecule has 2 atom stereocenters. The lowest BCUT2D eigenvalue weighted by Crippen LogP contribution is -1.98. The first-order chi connectivity index (χ1) is 6.58. The molecule has 74 valence electrons. The van der Waals surface area contributed by atoms with E-state index in [9.17, 15) is 4.79 Å². The summed E-state index contributed by atoms with van der Waals surface area (Å²) in [6, 6.07) is 5.20. The van der Waals surface area contributed by atoms with Crippen molar-refractivity contribution >= 4 is 29.2 Å². The molecule has 1 fully saturated rings. The Morgan fingerprint density at radius 1 is 1.29 bits per heavy atom. The molecule has 0 bridgehead atoms. The Hall–Kier alpha value is -0.730. The molecule has 0 aromatic heterocycles. The van der Waals surface area contributed by atoms with Crippen LogP contribution in [0.15, 0.2) is 18.2 Å². The van der Waals surface area contributed by atoms with E-state index in [1.165, 1.54) is 0 Å². The van der Waals surface area contributed by atoms with Crippen LogP contribution in [0.3, 0.4) is 0 Å². The Kier molecular flexibility index (Phi) is 2.41. The summed E-state index contributed by atoms with van der Waals surface area (Å²) in [5.41, 5.74) is 0.926. The van der Waals surface area contributed by atoms with Crippen molar-refractivity contribution in [2.24, 2.45) is 5.92 Å². The number of hydrogen-bond donors (Lipinski definition) is 1. The monoisotopic (exact) mass is 230 g/mol. The quantitative estimate of drug-likeness (QED) is 0.848. The minimum atomic E-state index is -0.744. The summed E-state index contributed by atoms with van der Waals surface area (Å²) in [6.07, 6.45) is 0.687. The maximum absolute atomic E-state index is 10.6. The number of carboxylic acids is 1. The number of carboxylic acid groups (broad SMARTS) is 1. The second-order valence-corrected chi connectivity index (χ2v) is 4.36. The van der Waals surface area contributed by atoms with E-state index in [-0.39, 0.29) is 11.8 Å². The second-order valence-electron chi connectivity index (χ2n) is 3.49. The van der Waals surface area contributed by atoms with Crippen molar-refractivity contribution in [1.29, 1.82) is 0 Å². The molecule has 1 unspecified atom stereocenters. The van der Waals surface area contributed by atoms with E-state index in [0.29, 0.717) is 16.5 Å². The van der Waals surface area contributed by atoms with Gasteiger partial charge in [-0.25, -0.2) is 0 Å². The molecular weight excluding hydrogens is 223 g/mol. The number of rotatable bonds is 2. The van der Waals surface area contributed by atoms with Gasteiger partial charge in [0, 0.05) is 10.0 Å². The Balaban J connectivity index is 2.23. The normalized spacial score (nSPS) is 24.7. The standard InChI is InChI=1S/C10H8Cl2O2/c11-6-1-5(2-7(12)3-6)8-4-9(8)10(13)14/h1-3,8-9H,4H2,(H,13,14)/t8?,9-/m0/s1.